The molecule has 2 aromatic carbocycles. The number of amides is 2. The topological polar surface area (TPSA) is 86.3 Å². The lowest BCUT2D eigenvalue weighted by Crippen LogP contribution is -2.36. The second-order valence-electron chi connectivity index (χ2n) is 7.90. The Bertz CT molecular complexity index is 950. The highest BCUT2D eigenvalue weighted by atomic mass is 16.5. The molecule has 1 N–H and O–H groups in total. The van der Waals surface area contributed by atoms with Crippen molar-refractivity contribution in [3.05, 3.63) is 47.5 Å². The van der Waals surface area contributed by atoms with Crippen molar-refractivity contribution in [2.24, 2.45) is 5.92 Å². The van der Waals surface area contributed by atoms with Gasteiger partial charge >= 0.3 is 0 Å². The summed E-state index contributed by atoms with van der Waals surface area (Å²) in [5.74, 6) is 1.37. The molecule has 2 amide bonds. The molecule has 0 spiro atoms. The Hall–Kier alpha value is -3.42. The van der Waals surface area contributed by atoms with Gasteiger partial charge in [0, 0.05) is 31.1 Å². The van der Waals surface area contributed by atoms with E-state index in [2.05, 4.69) is 5.32 Å². The van der Waals surface area contributed by atoms with Gasteiger partial charge in [0.1, 0.15) is 5.75 Å². The van der Waals surface area contributed by atoms with E-state index in [4.69, 9.17) is 18.9 Å². The highest BCUT2D eigenvalue weighted by Gasteiger charge is 2.41. The molecule has 0 aromatic heterocycles. The van der Waals surface area contributed by atoms with E-state index in [0.717, 1.165) is 12.0 Å². The molecule has 1 aliphatic rings. The zero-order chi connectivity index (χ0) is 24.0. The van der Waals surface area contributed by atoms with Gasteiger partial charge in [-0.15, -0.1) is 0 Å². The molecule has 8 nitrogen and oxygen atoms in total. The number of carbonyl (C=O) groups excluding carboxylic acids is 2. The third-order valence-corrected chi connectivity index (χ3v) is 5.95. The van der Waals surface area contributed by atoms with Crippen LogP contribution in [0.3, 0.4) is 0 Å². The summed E-state index contributed by atoms with van der Waals surface area (Å²) in [6.45, 7) is 3.31. The van der Waals surface area contributed by atoms with Gasteiger partial charge in [0.25, 0.3) is 5.91 Å². The SMILES string of the molecule is CCCNC(=O)C1CN(C(=O)c2ccc(OC)cc2)CC1c1cc(OC)c(OC)c(OC)c1. The number of ether oxygens (including phenoxy) is 4. The van der Waals surface area contributed by atoms with Crippen LogP contribution in [0.5, 0.6) is 23.0 Å². The summed E-state index contributed by atoms with van der Waals surface area (Å²) >= 11 is 0. The zero-order valence-electron chi connectivity index (χ0n) is 19.8. The van der Waals surface area contributed by atoms with Crippen LogP contribution in [0.4, 0.5) is 0 Å². The fourth-order valence-corrected chi connectivity index (χ4v) is 4.18. The maximum Gasteiger partial charge on any atom is 0.253 e. The highest BCUT2D eigenvalue weighted by Crippen LogP contribution is 2.43. The van der Waals surface area contributed by atoms with Crippen molar-refractivity contribution in [2.75, 3.05) is 48.1 Å². The predicted octanol–water partition coefficient (Wildman–Crippen LogP) is 3.10. The van der Waals surface area contributed by atoms with Crippen LogP contribution in [0, 0.1) is 5.92 Å². The highest BCUT2D eigenvalue weighted by molar-refractivity contribution is 5.95. The molecule has 1 heterocycles. The number of methoxy groups -OCH3 is 4. The predicted molar refractivity (Wildman–Crippen MR) is 125 cm³/mol. The van der Waals surface area contributed by atoms with Gasteiger partial charge in [-0.3, -0.25) is 9.59 Å². The standard InChI is InChI=1S/C25H32N2O6/c1-6-11-26-24(28)20-15-27(25(29)16-7-9-18(30-2)10-8-16)14-19(20)17-12-21(31-3)23(33-5)22(13-17)32-4/h7-10,12-13,19-20H,6,11,14-15H2,1-5H3,(H,26,28). The van der Waals surface area contributed by atoms with Crippen LogP contribution in [0.1, 0.15) is 35.2 Å². The van der Waals surface area contributed by atoms with Gasteiger partial charge in [0.2, 0.25) is 11.7 Å². The number of nitrogens with one attached hydrogen (secondary N) is 1. The Morgan fingerprint density at radius 3 is 2.09 bits per heavy atom. The third kappa shape index (κ3) is 5.16. The molecule has 3 rings (SSSR count). The summed E-state index contributed by atoms with van der Waals surface area (Å²) < 4.78 is 21.6. The molecule has 2 unspecified atom stereocenters. The number of likely N-dealkylation sites (tertiary alicyclic amines) is 1. The first-order chi connectivity index (χ1) is 16.0. The van der Waals surface area contributed by atoms with Gasteiger partial charge in [-0.05, 0) is 48.4 Å². The Balaban J connectivity index is 1.95. The maximum atomic E-state index is 13.2. The van der Waals surface area contributed by atoms with Gasteiger partial charge in [-0.25, -0.2) is 0 Å². The van der Waals surface area contributed by atoms with E-state index in [1.54, 1.807) is 57.6 Å². The molecule has 0 saturated carbocycles. The maximum absolute atomic E-state index is 13.2. The van der Waals surface area contributed by atoms with Crippen LogP contribution >= 0.6 is 0 Å². The smallest absolute Gasteiger partial charge is 0.253 e. The molecular formula is C25H32N2O6. The monoisotopic (exact) mass is 456 g/mol. The largest absolute Gasteiger partial charge is 0.497 e. The van der Waals surface area contributed by atoms with Gasteiger partial charge in [0.05, 0.1) is 34.4 Å². The van der Waals surface area contributed by atoms with Crippen molar-refractivity contribution in [1.82, 2.24) is 10.2 Å². The second-order valence-corrected chi connectivity index (χ2v) is 7.90. The number of hydrogen-bond acceptors (Lipinski definition) is 6. The molecule has 2 aromatic rings. The van der Waals surface area contributed by atoms with Gasteiger partial charge in [0.15, 0.2) is 11.5 Å². The third-order valence-electron chi connectivity index (χ3n) is 5.95. The average Bonchev–Trinajstić information content (AvgIpc) is 3.31. The van der Waals surface area contributed by atoms with Crippen molar-refractivity contribution in [3.63, 3.8) is 0 Å². The minimum Gasteiger partial charge on any atom is -0.497 e. The van der Waals surface area contributed by atoms with Gasteiger partial charge in [-0.2, -0.15) is 0 Å². The molecule has 0 aliphatic carbocycles. The first kappa shape index (κ1) is 24.2. The summed E-state index contributed by atoms with van der Waals surface area (Å²) in [4.78, 5) is 28.0. The summed E-state index contributed by atoms with van der Waals surface area (Å²) in [5.41, 5.74) is 1.40. The molecule has 178 valence electrons. The van der Waals surface area contributed by atoms with Crippen molar-refractivity contribution in [2.45, 2.75) is 19.3 Å². The Kier molecular flexibility index (Phi) is 8.03. The van der Waals surface area contributed by atoms with E-state index in [-0.39, 0.29) is 17.7 Å². The number of benzene rings is 2. The van der Waals surface area contributed by atoms with Gasteiger partial charge < -0.3 is 29.2 Å². The molecule has 1 fully saturated rings. The molecular weight excluding hydrogens is 424 g/mol. The van der Waals surface area contributed by atoms with Crippen LogP contribution in [0.2, 0.25) is 0 Å². The van der Waals surface area contributed by atoms with Crippen molar-refractivity contribution >= 4 is 11.8 Å². The number of carbonyl (C=O) groups is 2. The second kappa shape index (κ2) is 10.9. The van der Waals surface area contributed by atoms with Crippen LogP contribution in [0.15, 0.2) is 36.4 Å². The lowest BCUT2D eigenvalue weighted by atomic mass is 9.88. The van der Waals surface area contributed by atoms with Crippen molar-refractivity contribution < 1.29 is 28.5 Å². The number of hydrogen-bond donors (Lipinski definition) is 1. The minimum atomic E-state index is -0.401. The van der Waals surface area contributed by atoms with Crippen LogP contribution < -0.4 is 24.3 Å². The molecule has 0 radical (unpaired) electrons. The molecule has 1 saturated heterocycles. The number of nitrogens with zero attached hydrogens (tertiary/aromatic N) is 1. The molecule has 8 heteroatoms. The van der Waals surface area contributed by atoms with E-state index < -0.39 is 5.92 Å². The molecule has 33 heavy (non-hydrogen) atoms. The molecule has 1 aliphatic heterocycles. The number of rotatable bonds is 9. The normalized spacial score (nSPS) is 17.4. The fourth-order valence-electron chi connectivity index (χ4n) is 4.18. The Labute approximate surface area is 194 Å². The first-order valence-electron chi connectivity index (χ1n) is 11.0. The average molecular weight is 457 g/mol. The Morgan fingerprint density at radius 2 is 1.58 bits per heavy atom. The lowest BCUT2D eigenvalue weighted by molar-refractivity contribution is -0.124. The lowest BCUT2D eigenvalue weighted by Gasteiger charge is -2.21. The zero-order valence-corrected chi connectivity index (χ0v) is 19.8. The van der Waals surface area contributed by atoms with E-state index >= 15 is 0 Å². The molecule has 0 bridgehead atoms. The van der Waals surface area contributed by atoms with E-state index in [1.807, 2.05) is 19.1 Å². The minimum absolute atomic E-state index is 0.0689. The Morgan fingerprint density at radius 1 is 0.939 bits per heavy atom. The first-order valence-corrected chi connectivity index (χ1v) is 11.0. The van der Waals surface area contributed by atoms with Crippen LogP contribution in [0.25, 0.3) is 0 Å². The van der Waals surface area contributed by atoms with E-state index in [9.17, 15) is 9.59 Å². The summed E-state index contributed by atoms with van der Waals surface area (Å²) in [7, 11) is 6.24. The molecule has 2 atom stereocenters. The quantitative estimate of drug-likeness (QED) is 0.624. The fraction of sp³-hybridized carbons (Fsp3) is 0.440. The summed E-state index contributed by atoms with van der Waals surface area (Å²) in [6.07, 6.45) is 0.835. The van der Waals surface area contributed by atoms with E-state index in [0.29, 0.717) is 48.2 Å². The van der Waals surface area contributed by atoms with Crippen LogP contribution in [-0.4, -0.2) is 64.8 Å². The summed E-state index contributed by atoms with van der Waals surface area (Å²) in [6, 6.07) is 10.7. The van der Waals surface area contributed by atoms with Crippen LogP contribution in [-0.2, 0) is 4.79 Å². The van der Waals surface area contributed by atoms with Crippen molar-refractivity contribution in [3.8, 4) is 23.0 Å². The van der Waals surface area contributed by atoms with Gasteiger partial charge in [-0.1, -0.05) is 6.92 Å². The van der Waals surface area contributed by atoms with Crippen molar-refractivity contribution in [1.29, 1.82) is 0 Å². The van der Waals surface area contributed by atoms with E-state index in [1.165, 1.54) is 0 Å². The summed E-state index contributed by atoms with van der Waals surface area (Å²) in [5, 5.41) is 2.99.